The van der Waals surface area contributed by atoms with Crippen LogP contribution in [0.2, 0.25) is 0 Å². The highest BCUT2D eigenvalue weighted by Crippen LogP contribution is 2.55. The van der Waals surface area contributed by atoms with Crippen LogP contribution >= 0.6 is 0 Å². The molecule has 0 radical (unpaired) electrons. The van der Waals surface area contributed by atoms with Crippen molar-refractivity contribution in [1.82, 2.24) is 4.57 Å². The molecule has 272 valence electrons. The predicted octanol–water partition coefficient (Wildman–Crippen LogP) is 14.8. The summed E-state index contributed by atoms with van der Waals surface area (Å²) in [6.07, 6.45) is 0. The molecule has 2 aromatic heterocycles. The average molecular weight is 733 g/mol. The normalized spacial score (nSPS) is 14.9. The quantitative estimate of drug-likeness (QED) is 0.180. The Kier molecular flexibility index (Phi) is 6.46. The van der Waals surface area contributed by atoms with Crippen LogP contribution in [-0.2, 0) is 10.8 Å². The van der Waals surface area contributed by atoms with E-state index in [4.69, 9.17) is 4.42 Å². The molecule has 3 nitrogen and oxygen atoms in total. The van der Waals surface area contributed by atoms with Crippen LogP contribution < -0.4 is 4.90 Å². The zero-order chi connectivity index (χ0) is 38.2. The number of furan rings is 1. The fraction of sp³-hybridized carbons (Fsp3) is 0.111. The minimum absolute atomic E-state index is 0.0780. The van der Waals surface area contributed by atoms with E-state index >= 15 is 0 Å². The molecule has 8 aromatic carbocycles. The van der Waals surface area contributed by atoms with Gasteiger partial charge in [-0.2, -0.15) is 0 Å². The van der Waals surface area contributed by atoms with Gasteiger partial charge in [0.25, 0.3) is 0 Å². The molecule has 12 rings (SSSR count). The van der Waals surface area contributed by atoms with Crippen LogP contribution in [-0.4, -0.2) is 4.57 Å². The predicted molar refractivity (Wildman–Crippen MR) is 238 cm³/mol. The largest absolute Gasteiger partial charge is 0.456 e. The molecule has 0 atom stereocenters. The van der Waals surface area contributed by atoms with Gasteiger partial charge in [0.2, 0.25) is 0 Å². The molecule has 0 saturated heterocycles. The van der Waals surface area contributed by atoms with Crippen molar-refractivity contribution in [3.63, 3.8) is 0 Å². The van der Waals surface area contributed by atoms with Crippen molar-refractivity contribution in [3.05, 3.63) is 192 Å². The van der Waals surface area contributed by atoms with E-state index < -0.39 is 0 Å². The van der Waals surface area contributed by atoms with Crippen LogP contribution in [0.25, 0.3) is 71.7 Å². The van der Waals surface area contributed by atoms with Crippen molar-refractivity contribution in [1.29, 1.82) is 0 Å². The van der Waals surface area contributed by atoms with Crippen LogP contribution in [0.3, 0.4) is 0 Å². The first-order chi connectivity index (χ1) is 27.8. The summed E-state index contributed by atoms with van der Waals surface area (Å²) in [4.78, 5) is 2.50. The van der Waals surface area contributed by atoms with E-state index in [9.17, 15) is 0 Å². The monoisotopic (exact) mass is 732 g/mol. The van der Waals surface area contributed by atoms with Crippen LogP contribution in [0.4, 0.5) is 17.1 Å². The molecule has 0 N–H and O–H groups in total. The summed E-state index contributed by atoms with van der Waals surface area (Å²) >= 11 is 0. The van der Waals surface area contributed by atoms with Gasteiger partial charge in [0, 0.05) is 43.7 Å². The standard InChI is InChI=1S/C54H40N2O/c1-53(2)43-16-8-5-13-37(43)38-25-23-36(32-45(38)53)56-49-19-11-9-17-44(49)54(3,4)46-30-34(22-27-50(46)56)33-21-26-48-41(29-33)39-14-6-10-18-47(39)55(48)35-24-28-52-42(31-35)40-15-7-12-20-51(40)57-52/h5-32H,1-4H3. The van der Waals surface area contributed by atoms with Gasteiger partial charge < -0.3 is 13.9 Å². The highest BCUT2D eigenvalue weighted by atomic mass is 16.3. The van der Waals surface area contributed by atoms with Gasteiger partial charge in [-0.15, -0.1) is 0 Å². The first-order valence-corrected chi connectivity index (χ1v) is 20.0. The highest BCUT2D eigenvalue weighted by Gasteiger charge is 2.39. The Balaban J connectivity index is 1.01. The van der Waals surface area contributed by atoms with Crippen molar-refractivity contribution in [3.8, 4) is 27.9 Å². The first-order valence-electron chi connectivity index (χ1n) is 20.0. The second-order valence-electron chi connectivity index (χ2n) is 17.0. The lowest BCUT2D eigenvalue weighted by molar-refractivity contribution is 0.631. The van der Waals surface area contributed by atoms with Gasteiger partial charge in [-0.1, -0.05) is 125 Å². The Hall–Kier alpha value is -6.84. The summed E-state index contributed by atoms with van der Waals surface area (Å²) in [5.74, 6) is 0. The molecule has 0 fully saturated rings. The Labute approximate surface area is 332 Å². The van der Waals surface area contributed by atoms with E-state index in [-0.39, 0.29) is 10.8 Å². The molecule has 10 aromatic rings. The van der Waals surface area contributed by atoms with Gasteiger partial charge in [0.1, 0.15) is 11.2 Å². The van der Waals surface area contributed by atoms with E-state index in [2.05, 4.69) is 195 Å². The minimum atomic E-state index is -0.208. The number of hydrogen-bond donors (Lipinski definition) is 0. The third-order valence-electron chi connectivity index (χ3n) is 13.2. The summed E-state index contributed by atoms with van der Waals surface area (Å²) in [6.45, 7) is 9.49. The van der Waals surface area contributed by atoms with Gasteiger partial charge in [-0.3, -0.25) is 0 Å². The lowest BCUT2D eigenvalue weighted by Gasteiger charge is -2.42. The number of fused-ring (bicyclic) bond motifs is 11. The van der Waals surface area contributed by atoms with Crippen LogP contribution in [0.15, 0.2) is 174 Å². The smallest absolute Gasteiger partial charge is 0.135 e. The molecule has 1 aliphatic heterocycles. The van der Waals surface area contributed by atoms with Crippen molar-refractivity contribution in [2.45, 2.75) is 38.5 Å². The Morgan fingerprint density at radius 2 is 1.02 bits per heavy atom. The molecule has 0 amide bonds. The minimum Gasteiger partial charge on any atom is -0.456 e. The van der Waals surface area contributed by atoms with Crippen LogP contribution in [0, 0.1) is 0 Å². The van der Waals surface area contributed by atoms with Crippen molar-refractivity contribution >= 4 is 60.8 Å². The maximum atomic E-state index is 6.20. The fourth-order valence-corrected chi connectivity index (χ4v) is 10.3. The Bertz CT molecular complexity index is 3320. The summed E-state index contributed by atoms with van der Waals surface area (Å²) in [5, 5.41) is 4.75. The Morgan fingerprint density at radius 3 is 1.91 bits per heavy atom. The van der Waals surface area contributed by atoms with Gasteiger partial charge in [0.05, 0.1) is 22.4 Å². The summed E-state index contributed by atoms with van der Waals surface area (Å²) in [7, 11) is 0. The highest BCUT2D eigenvalue weighted by molar-refractivity contribution is 6.11. The van der Waals surface area contributed by atoms with Gasteiger partial charge in [-0.05, 0) is 117 Å². The molecule has 0 saturated carbocycles. The molecular weight excluding hydrogens is 693 g/mol. The molecule has 0 bridgehead atoms. The van der Waals surface area contributed by atoms with Crippen molar-refractivity contribution in [2.24, 2.45) is 0 Å². The van der Waals surface area contributed by atoms with Crippen LogP contribution in [0.1, 0.15) is 49.9 Å². The number of rotatable bonds is 3. The van der Waals surface area contributed by atoms with Crippen molar-refractivity contribution < 1.29 is 4.42 Å². The number of hydrogen-bond acceptors (Lipinski definition) is 2. The number of benzene rings is 8. The lowest BCUT2D eigenvalue weighted by atomic mass is 9.72. The van der Waals surface area contributed by atoms with Gasteiger partial charge >= 0.3 is 0 Å². The average Bonchev–Trinajstić information content (AvgIpc) is 3.86. The molecule has 3 heteroatoms. The van der Waals surface area contributed by atoms with Crippen molar-refractivity contribution in [2.75, 3.05) is 4.90 Å². The zero-order valence-electron chi connectivity index (χ0n) is 32.5. The van der Waals surface area contributed by atoms with E-state index in [0.29, 0.717) is 0 Å². The Morgan fingerprint density at radius 1 is 0.386 bits per heavy atom. The molecule has 2 aliphatic rings. The summed E-state index contributed by atoms with van der Waals surface area (Å²) in [6, 6.07) is 62.7. The third-order valence-corrected chi connectivity index (χ3v) is 13.2. The molecule has 0 spiro atoms. The lowest BCUT2D eigenvalue weighted by Crippen LogP contribution is -2.30. The number of anilines is 3. The summed E-state index contributed by atoms with van der Waals surface area (Å²) in [5.41, 5.74) is 19.3. The fourth-order valence-electron chi connectivity index (χ4n) is 10.3. The summed E-state index contributed by atoms with van der Waals surface area (Å²) < 4.78 is 8.59. The van der Waals surface area contributed by atoms with Crippen LogP contribution in [0.5, 0.6) is 0 Å². The first kappa shape index (κ1) is 32.4. The van der Waals surface area contributed by atoms with E-state index in [1.54, 1.807) is 0 Å². The molecular formula is C54H40N2O. The number of nitrogens with zero attached hydrogens (tertiary/aromatic N) is 2. The number of para-hydroxylation sites is 3. The second-order valence-corrected chi connectivity index (χ2v) is 17.0. The van der Waals surface area contributed by atoms with E-state index in [0.717, 1.165) is 27.6 Å². The second kappa shape index (κ2) is 11.4. The van der Waals surface area contributed by atoms with E-state index in [1.807, 2.05) is 12.1 Å². The van der Waals surface area contributed by atoms with E-state index in [1.165, 1.54) is 83.4 Å². The molecule has 0 unspecified atom stereocenters. The number of aromatic nitrogens is 1. The topological polar surface area (TPSA) is 21.3 Å². The maximum absolute atomic E-state index is 6.20. The maximum Gasteiger partial charge on any atom is 0.135 e. The SMILES string of the molecule is CC1(C)c2ccccc2-c2ccc(N3c4ccccc4C(C)(C)c4cc(-c5ccc6c(c5)c5ccccc5n6-c5ccc6oc7ccccc7c6c5)ccc43)cc21. The molecule has 3 heterocycles. The van der Waals surface area contributed by atoms with Gasteiger partial charge in [0.15, 0.2) is 0 Å². The zero-order valence-corrected chi connectivity index (χ0v) is 32.5. The third kappa shape index (κ3) is 4.43. The van der Waals surface area contributed by atoms with Gasteiger partial charge in [-0.25, -0.2) is 0 Å². The molecule has 1 aliphatic carbocycles. The molecule has 57 heavy (non-hydrogen) atoms.